The van der Waals surface area contributed by atoms with E-state index in [1.807, 2.05) is 12.2 Å². The van der Waals surface area contributed by atoms with Gasteiger partial charge in [-0.2, -0.15) is 0 Å². The summed E-state index contributed by atoms with van der Waals surface area (Å²) in [6, 6.07) is 0. The second-order valence-electron chi connectivity index (χ2n) is 18.8. The maximum atomic E-state index is 12.8. The summed E-state index contributed by atoms with van der Waals surface area (Å²) in [5.41, 5.74) is 0. The molecule has 0 bridgehead atoms. The zero-order chi connectivity index (χ0) is 47.7. The Labute approximate surface area is 410 Å². The van der Waals surface area contributed by atoms with Crippen molar-refractivity contribution in [1.82, 2.24) is 0 Å². The first-order valence-corrected chi connectivity index (χ1v) is 28.5. The lowest BCUT2D eigenvalue weighted by atomic mass is 10.0. The number of esters is 2. The Morgan fingerprint density at radius 1 is 0.364 bits per heavy atom. The summed E-state index contributed by atoms with van der Waals surface area (Å²) in [5.74, 6) is -0.544. The van der Waals surface area contributed by atoms with Crippen LogP contribution >= 0.6 is 0 Å². The molecule has 66 heavy (non-hydrogen) atoms. The molecule has 382 valence electrons. The number of carbonyl (C=O) groups excluding carboxylic acids is 2. The van der Waals surface area contributed by atoms with Crippen LogP contribution in [-0.4, -0.2) is 37.9 Å². The standard InChI is InChI=1S/C61H108O5/c1-4-7-10-13-16-19-22-25-28-29-30-31-32-35-38-41-44-47-50-53-56-64-57-59(66-61(63)55-52-49-46-43-40-37-34-27-24-21-18-15-12-9-6-3)58-65-60(62)54-51-48-45-42-39-36-33-26-23-20-17-14-11-8-5-2/h8,11,17,20,26-27,33-34,39,42,48,51,59H,4-7,9-10,12-16,18-19,21-25,28-32,35-38,40-41,43-47,49-50,52-58H2,1-3H3/b11-8-,20-17-,33-26-,34-27-,42-39-,51-48-. The normalized spacial score (nSPS) is 12.7. The van der Waals surface area contributed by atoms with Crippen molar-refractivity contribution in [3.05, 3.63) is 72.9 Å². The molecule has 0 amide bonds. The van der Waals surface area contributed by atoms with Crippen molar-refractivity contribution in [1.29, 1.82) is 0 Å². The fourth-order valence-electron chi connectivity index (χ4n) is 8.05. The van der Waals surface area contributed by atoms with Gasteiger partial charge >= 0.3 is 11.9 Å². The maximum absolute atomic E-state index is 12.8. The van der Waals surface area contributed by atoms with Crippen LogP contribution < -0.4 is 0 Å². The van der Waals surface area contributed by atoms with E-state index in [1.165, 1.54) is 173 Å². The summed E-state index contributed by atoms with van der Waals surface area (Å²) in [6.07, 6.45) is 73.8. The Morgan fingerprint density at radius 3 is 1.15 bits per heavy atom. The summed E-state index contributed by atoms with van der Waals surface area (Å²) >= 11 is 0. The molecule has 0 radical (unpaired) electrons. The van der Waals surface area contributed by atoms with Crippen molar-refractivity contribution in [2.75, 3.05) is 19.8 Å². The number of ether oxygens (including phenoxy) is 3. The maximum Gasteiger partial charge on any atom is 0.309 e. The minimum Gasteiger partial charge on any atom is -0.461 e. The van der Waals surface area contributed by atoms with Gasteiger partial charge in [0.15, 0.2) is 6.10 Å². The van der Waals surface area contributed by atoms with E-state index in [-0.39, 0.29) is 31.6 Å². The van der Waals surface area contributed by atoms with Crippen molar-refractivity contribution < 1.29 is 23.8 Å². The molecule has 1 atom stereocenters. The number of allylic oxidation sites excluding steroid dienone is 11. The van der Waals surface area contributed by atoms with E-state index in [9.17, 15) is 9.59 Å². The summed E-state index contributed by atoms with van der Waals surface area (Å²) in [4.78, 5) is 25.4. The highest BCUT2D eigenvalue weighted by atomic mass is 16.6. The van der Waals surface area contributed by atoms with Crippen molar-refractivity contribution in [3.63, 3.8) is 0 Å². The number of hydrogen-bond donors (Lipinski definition) is 0. The zero-order valence-electron chi connectivity index (χ0n) is 44.0. The Morgan fingerprint density at radius 2 is 0.727 bits per heavy atom. The second-order valence-corrected chi connectivity index (χ2v) is 18.8. The van der Waals surface area contributed by atoms with E-state index in [0.717, 1.165) is 70.6 Å². The molecule has 0 heterocycles. The summed E-state index contributed by atoms with van der Waals surface area (Å²) in [6.45, 7) is 7.63. The molecular weight excluding hydrogens is 813 g/mol. The van der Waals surface area contributed by atoms with Gasteiger partial charge in [-0.1, -0.05) is 267 Å². The smallest absolute Gasteiger partial charge is 0.309 e. The molecule has 0 aromatic carbocycles. The molecule has 1 unspecified atom stereocenters. The number of hydrogen-bond acceptors (Lipinski definition) is 5. The van der Waals surface area contributed by atoms with Gasteiger partial charge in [0.05, 0.1) is 13.0 Å². The van der Waals surface area contributed by atoms with E-state index in [2.05, 4.69) is 81.5 Å². The topological polar surface area (TPSA) is 61.8 Å². The van der Waals surface area contributed by atoms with E-state index in [1.54, 1.807) is 0 Å². The fraction of sp³-hybridized carbons (Fsp3) is 0.770. The third-order valence-corrected chi connectivity index (χ3v) is 12.3. The minimum absolute atomic E-state index is 0.0287. The third kappa shape index (κ3) is 54.0. The average molecular weight is 922 g/mol. The van der Waals surface area contributed by atoms with Crippen molar-refractivity contribution in [3.8, 4) is 0 Å². The van der Waals surface area contributed by atoms with E-state index in [4.69, 9.17) is 14.2 Å². The van der Waals surface area contributed by atoms with E-state index < -0.39 is 6.10 Å². The number of unbranched alkanes of at least 4 members (excludes halogenated alkanes) is 30. The molecule has 0 aliphatic heterocycles. The number of carbonyl (C=O) groups is 2. The Bertz CT molecular complexity index is 1180. The van der Waals surface area contributed by atoms with Crippen LogP contribution in [0, 0.1) is 0 Å². The van der Waals surface area contributed by atoms with Crippen LogP contribution in [0.3, 0.4) is 0 Å². The lowest BCUT2D eigenvalue weighted by Crippen LogP contribution is -2.30. The van der Waals surface area contributed by atoms with Gasteiger partial charge in [0.25, 0.3) is 0 Å². The molecule has 0 aliphatic carbocycles. The van der Waals surface area contributed by atoms with Gasteiger partial charge in [0.2, 0.25) is 0 Å². The van der Waals surface area contributed by atoms with Gasteiger partial charge in [-0.05, 0) is 70.6 Å². The first-order chi connectivity index (χ1) is 32.6. The Balaban J connectivity index is 4.33. The molecule has 0 saturated carbocycles. The van der Waals surface area contributed by atoms with Crippen LogP contribution in [0.1, 0.15) is 278 Å². The van der Waals surface area contributed by atoms with Gasteiger partial charge in [0.1, 0.15) is 6.61 Å². The van der Waals surface area contributed by atoms with Crippen molar-refractivity contribution in [2.45, 2.75) is 284 Å². The van der Waals surface area contributed by atoms with Gasteiger partial charge in [-0.3, -0.25) is 9.59 Å². The molecule has 0 aromatic rings. The van der Waals surface area contributed by atoms with E-state index >= 15 is 0 Å². The zero-order valence-corrected chi connectivity index (χ0v) is 44.0. The monoisotopic (exact) mass is 921 g/mol. The molecule has 0 rings (SSSR count). The Kier molecular flexibility index (Phi) is 54.4. The molecule has 0 aliphatic rings. The second kappa shape index (κ2) is 56.7. The van der Waals surface area contributed by atoms with Crippen LogP contribution in [0.2, 0.25) is 0 Å². The third-order valence-electron chi connectivity index (χ3n) is 12.3. The van der Waals surface area contributed by atoms with Crippen LogP contribution in [0.5, 0.6) is 0 Å². The highest BCUT2D eigenvalue weighted by Crippen LogP contribution is 2.16. The number of rotatable bonds is 52. The van der Waals surface area contributed by atoms with Crippen LogP contribution in [0.15, 0.2) is 72.9 Å². The molecule has 5 heteroatoms. The summed E-state index contributed by atoms with van der Waals surface area (Å²) < 4.78 is 17.4. The van der Waals surface area contributed by atoms with Gasteiger partial charge in [0, 0.05) is 13.0 Å². The van der Waals surface area contributed by atoms with E-state index in [0.29, 0.717) is 13.0 Å². The highest BCUT2D eigenvalue weighted by Gasteiger charge is 2.17. The quantitative estimate of drug-likeness (QED) is 0.0346. The molecule has 0 fully saturated rings. The van der Waals surface area contributed by atoms with Gasteiger partial charge in [-0.15, -0.1) is 0 Å². The lowest BCUT2D eigenvalue weighted by molar-refractivity contribution is -0.162. The Hall–Kier alpha value is -2.66. The first-order valence-electron chi connectivity index (χ1n) is 28.5. The summed E-state index contributed by atoms with van der Waals surface area (Å²) in [5, 5.41) is 0. The molecule has 0 spiro atoms. The fourth-order valence-corrected chi connectivity index (χ4v) is 8.05. The van der Waals surface area contributed by atoms with Crippen molar-refractivity contribution in [2.24, 2.45) is 0 Å². The average Bonchev–Trinajstić information content (AvgIpc) is 3.32. The molecular formula is C61H108O5. The van der Waals surface area contributed by atoms with Crippen molar-refractivity contribution >= 4 is 11.9 Å². The van der Waals surface area contributed by atoms with Crippen LogP contribution in [0.25, 0.3) is 0 Å². The minimum atomic E-state index is -0.581. The van der Waals surface area contributed by atoms with Crippen LogP contribution in [0.4, 0.5) is 0 Å². The molecule has 5 nitrogen and oxygen atoms in total. The first kappa shape index (κ1) is 63.3. The van der Waals surface area contributed by atoms with Gasteiger partial charge in [-0.25, -0.2) is 0 Å². The lowest BCUT2D eigenvalue weighted by Gasteiger charge is -2.18. The molecule has 0 saturated heterocycles. The molecule has 0 N–H and O–H groups in total. The predicted molar refractivity (Wildman–Crippen MR) is 288 cm³/mol. The van der Waals surface area contributed by atoms with Gasteiger partial charge < -0.3 is 14.2 Å². The largest absolute Gasteiger partial charge is 0.461 e. The highest BCUT2D eigenvalue weighted by molar-refractivity contribution is 5.71. The van der Waals surface area contributed by atoms with Crippen LogP contribution in [-0.2, 0) is 23.8 Å². The molecule has 0 aromatic heterocycles. The summed E-state index contributed by atoms with van der Waals surface area (Å²) in [7, 11) is 0. The predicted octanol–water partition coefficient (Wildman–Crippen LogP) is 19.5. The SMILES string of the molecule is CC/C=C\C/C=C\C/C=C\C/C=C\C/C=C\CC(=O)OCC(COCCCCCCCCCCCCCCCCCCCCCC)OC(=O)CCCCCCC/C=C\CCCCCCCC.